The van der Waals surface area contributed by atoms with Crippen molar-refractivity contribution < 1.29 is 32.2 Å². The van der Waals surface area contributed by atoms with Crippen molar-refractivity contribution in [1.29, 1.82) is 0 Å². The van der Waals surface area contributed by atoms with Gasteiger partial charge < -0.3 is 15.2 Å². The minimum absolute atomic E-state index is 0.0173. The Morgan fingerprint density at radius 3 is 2.52 bits per heavy atom. The van der Waals surface area contributed by atoms with Crippen molar-refractivity contribution in [2.45, 2.75) is 19.1 Å². The molecular formula is C21H17F4N3O3. The molecule has 1 amide bonds. The van der Waals surface area contributed by atoms with Crippen LogP contribution in [0.1, 0.15) is 23.0 Å². The molecule has 0 saturated heterocycles. The Balaban J connectivity index is 1.98. The highest BCUT2D eigenvalue weighted by molar-refractivity contribution is 5.93. The van der Waals surface area contributed by atoms with Crippen LogP contribution in [-0.2, 0) is 6.18 Å². The molecule has 0 fully saturated rings. The number of ether oxygens (including phenoxy) is 1. The monoisotopic (exact) mass is 435 g/mol. The van der Waals surface area contributed by atoms with Crippen molar-refractivity contribution in [3.63, 3.8) is 0 Å². The van der Waals surface area contributed by atoms with Gasteiger partial charge in [-0.25, -0.2) is 14.4 Å². The van der Waals surface area contributed by atoms with Crippen molar-refractivity contribution in [3.8, 4) is 22.9 Å². The van der Waals surface area contributed by atoms with Gasteiger partial charge in [0, 0.05) is 11.6 Å². The third-order valence-corrected chi connectivity index (χ3v) is 4.12. The van der Waals surface area contributed by atoms with E-state index < -0.39 is 29.5 Å². The molecule has 31 heavy (non-hydrogen) atoms. The Kier molecular flexibility index (Phi) is 6.50. The van der Waals surface area contributed by atoms with E-state index in [2.05, 4.69) is 15.3 Å². The summed E-state index contributed by atoms with van der Waals surface area (Å²) in [6, 6.07) is 8.71. The maximum atomic E-state index is 13.7. The van der Waals surface area contributed by atoms with Crippen molar-refractivity contribution in [2.75, 3.05) is 6.61 Å². The molecule has 0 aliphatic carbocycles. The molecule has 2 aromatic carbocycles. The first-order valence-corrected chi connectivity index (χ1v) is 9.07. The maximum absolute atomic E-state index is 13.7. The van der Waals surface area contributed by atoms with Gasteiger partial charge in [-0.05, 0) is 43.3 Å². The average Bonchev–Trinajstić information content (AvgIpc) is 2.73. The summed E-state index contributed by atoms with van der Waals surface area (Å²) in [6.07, 6.45) is -3.38. The summed E-state index contributed by atoms with van der Waals surface area (Å²) >= 11 is 0. The molecule has 0 aliphatic heterocycles. The molecule has 1 heterocycles. The molecular weight excluding hydrogens is 418 g/mol. The number of carbonyl (C=O) groups is 1. The van der Waals surface area contributed by atoms with Gasteiger partial charge in [0.05, 0.1) is 18.4 Å². The van der Waals surface area contributed by atoms with Crippen LogP contribution >= 0.6 is 0 Å². The van der Waals surface area contributed by atoms with Crippen LogP contribution in [0.15, 0.2) is 54.7 Å². The first-order valence-electron chi connectivity index (χ1n) is 9.07. The normalized spacial score (nSPS) is 12.3. The van der Waals surface area contributed by atoms with Crippen LogP contribution in [0, 0.1) is 5.82 Å². The van der Waals surface area contributed by atoms with E-state index in [9.17, 15) is 22.4 Å². The molecule has 162 valence electrons. The van der Waals surface area contributed by atoms with Crippen LogP contribution in [-0.4, -0.2) is 33.6 Å². The van der Waals surface area contributed by atoms with Crippen LogP contribution in [0.4, 0.5) is 17.6 Å². The first-order chi connectivity index (χ1) is 14.7. The largest absolute Gasteiger partial charge is 0.437 e. The van der Waals surface area contributed by atoms with Crippen LogP contribution < -0.4 is 10.1 Å². The van der Waals surface area contributed by atoms with Gasteiger partial charge in [-0.15, -0.1) is 0 Å². The van der Waals surface area contributed by atoms with Gasteiger partial charge in [-0.2, -0.15) is 13.2 Å². The summed E-state index contributed by atoms with van der Waals surface area (Å²) in [5, 5.41) is 11.6. The molecule has 6 nitrogen and oxygen atoms in total. The fourth-order valence-corrected chi connectivity index (χ4v) is 2.55. The highest BCUT2D eigenvalue weighted by Gasteiger charge is 2.30. The molecule has 3 rings (SSSR count). The molecule has 1 aromatic heterocycles. The standard InChI is InChI=1S/C21H17F4N3O3/c1-12(11-29)27-19(30)17-10-26-20(18(28-17)13-3-2-4-15(22)9-13)31-16-7-5-14(6-8-16)21(23,24)25/h2-10,12,29H,11H2,1H3,(H,27,30)/t12-/m1/s1. The van der Waals surface area contributed by atoms with Gasteiger partial charge in [0.15, 0.2) is 0 Å². The number of alkyl halides is 3. The van der Waals surface area contributed by atoms with E-state index in [0.29, 0.717) is 0 Å². The van der Waals surface area contributed by atoms with Gasteiger partial charge in [-0.3, -0.25) is 4.79 Å². The lowest BCUT2D eigenvalue weighted by Crippen LogP contribution is -2.35. The van der Waals surface area contributed by atoms with Gasteiger partial charge in [0.25, 0.3) is 5.91 Å². The summed E-state index contributed by atoms with van der Waals surface area (Å²) in [4.78, 5) is 20.6. The second kappa shape index (κ2) is 9.09. The van der Waals surface area contributed by atoms with E-state index in [1.165, 1.54) is 18.2 Å². The number of benzene rings is 2. The number of halogens is 4. The second-order valence-electron chi connectivity index (χ2n) is 6.60. The molecule has 3 aromatic rings. The van der Waals surface area contributed by atoms with Gasteiger partial charge in [0.1, 0.15) is 23.0 Å². The maximum Gasteiger partial charge on any atom is 0.416 e. The van der Waals surface area contributed by atoms with Gasteiger partial charge in [0.2, 0.25) is 5.88 Å². The summed E-state index contributed by atoms with van der Waals surface area (Å²) in [5.74, 6) is -1.26. The summed E-state index contributed by atoms with van der Waals surface area (Å²) in [6.45, 7) is 1.30. The number of carbonyl (C=O) groups excluding carboxylic acids is 1. The zero-order valence-corrected chi connectivity index (χ0v) is 16.2. The number of hydrogen-bond donors (Lipinski definition) is 2. The molecule has 10 heteroatoms. The number of aliphatic hydroxyl groups excluding tert-OH is 1. The number of rotatable bonds is 6. The van der Waals surface area contributed by atoms with E-state index in [1.54, 1.807) is 6.92 Å². The Bertz CT molecular complexity index is 1070. The Hall–Kier alpha value is -3.53. The minimum atomic E-state index is -4.49. The minimum Gasteiger partial charge on any atom is -0.437 e. The molecule has 0 saturated carbocycles. The molecule has 2 N–H and O–H groups in total. The predicted molar refractivity (Wildman–Crippen MR) is 103 cm³/mol. The lowest BCUT2D eigenvalue weighted by Gasteiger charge is -2.14. The number of nitrogens with zero attached hydrogens (tertiary/aromatic N) is 2. The average molecular weight is 435 g/mol. The summed E-state index contributed by atoms with van der Waals surface area (Å²) in [5.41, 5.74) is -0.691. The predicted octanol–water partition coefficient (Wildman–Crippen LogP) is 4.20. The smallest absolute Gasteiger partial charge is 0.416 e. The third kappa shape index (κ3) is 5.54. The highest BCUT2D eigenvalue weighted by atomic mass is 19.4. The molecule has 1 atom stereocenters. The van der Waals surface area contributed by atoms with E-state index in [1.807, 2.05) is 0 Å². The quantitative estimate of drug-likeness (QED) is 0.567. The Morgan fingerprint density at radius 2 is 1.90 bits per heavy atom. The number of nitrogens with one attached hydrogen (secondary N) is 1. The van der Waals surface area contributed by atoms with Crippen molar-refractivity contribution in [2.24, 2.45) is 0 Å². The molecule has 0 spiro atoms. The number of aromatic nitrogens is 2. The highest BCUT2D eigenvalue weighted by Crippen LogP contribution is 2.33. The first kappa shape index (κ1) is 22.2. The van der Waals surface area contributed by atoms with Crippen molar-refractivity contribution >= 4 is 5.91 Å². The Morgan fingerprint density at radius 1 is 1.19 bits per heavy atom. The summed E-state index contributed by atoms with van der Waals surface area (Å²) in [7, 11) is 0. The van der Waals surface area contributed by atoms with Crippen LogP contribution in [0.2, 0.25) is 0 Å². The fraction of sp³-hybridized carbons (Fsp3) is 0.190. The number of aliphatic hydroxyl groups is 1. The molecule has 0 radical (unpaired) electrons. The second-order valence-corrected chi connectivity index (χ2v) is 6.60. The van der Waals surface area contributed by atoms with Crippen LogP contribution in [0.5, 0.6) is 11.6 Å². The zero-order valence-electron chi connectivity index (χ0n) is 16.2. The van der Waals surface area contributed by atoms with Crippen molar-refractivity contribution in [3.05, 3.63) is 71.8 Å². The number of hydrogen-bond acceptors (Lipinski definition) is 5. The topological polar surface area (TPSA) is 84.3 Å². The SMILES string of the molecule is C[C@H](CO)NC(=O)c1cnc(Oc2ccc(C(F)(F)F)cc2)c(-c2cccc(F)c2)n1. The van der Waals surface area contributed by atoms with Crippen LogP contribution in [0.3, 0.4) is 0 Å². The van der Waals surface area contributed by atoms with E-state index in [4.69, 9.17) is 9.84 Å². The molecule has 0 bridgehead atoms. The molecule has 0 unspecified atom stereocenters. The molecule has 0 aliphatic rings. The summed E-state index contributed by atoms with van der Waals surface area (Å²) < 4.78 is 57.6. The van der Waals surface area contributed by atoms with Crippen LogP contribution in [0.25, 0.3) is 11.3 Å². The van der Waals surface area contributed by atoms with Crippen molar-refractivity contribution in [1.82, 2.24) is 15.3 Å². The number of amides is 1. The lowest BCUT2D eigenvalue weighted by atomic mass is 10.1. The lowest BCUT2D eigenvalue weighted by molar-refractivity contribution is -0.137. The fourth-order valence-electron chi connectivity index (χ4n) is 2.55. The van der Waals surface area contributed by atoms with E-state index in [-0.39, 0.29) is 35.2 Å². The van der Waals surface area contributed by atoms with E-state index in [0.717, 1.165) is 36.5 Å². The van der Waals surface area contributed by atoms with Gasteiger partial charge >= 0.3 is 6.18 Å². The third-order valence-electron chi connectivity index (χ3n) is 4.12. The zero-order chi connectivity index (χ0) is 22.6. The van der Waals surface area contributed by atoms with Gasteiger partial charge in [-0.1, -0.05) is 12.1 Å². The van der Waals surface area contributed by atoms with E-state index >= 15 is 0 Å². The Labute approximate surface area is 174 Å².